The number of ketones is 2. The number of hydrogen-bond acceptors (Lipinski definition) is 6. The van der Waals surface area contributed by atoms with Gasteiger partial charge in [0.25, 0.3) is 0 Å². The fraction of sp³-hybridized carbons (Fsp3) is 0.103. The molecule has 0 bridgehead atoms. The third kappa shape index (κ3) is 5.00. The molecule has 0 aliphatic heterocycles. The highest BCUT2D eigenvalue weighted by molar-refractivity contribution is 6.14. The Hall–Kier alpha value is -4.78. The lowest BCUT2D eigenvalue weighted by Gasteiger charge is -2.14. The summed E-state index contributed by atoms with van der Waals surface area (Å²) >= 11 is 0. The molecule has 4 heterocycles. The summed E-state index contributed by atoms with van der Waals surface area (Å²) in [6.07, 6.45) is 10.0. The van der Waals surface area contributed by atoms with E-state index in [1.165, 1.54) is 0 Å². The highest BCUT2D eigenvalue weighted by Gasteiger charge is 2.20. The van der Waals surface area contributed by atoms with Crippen molar-refractivity contribution < 1.29 is 9.59 Å². The van der Waals surface area contributed by atoms with Gasteiger partial charge in [0.05, 0.1) is 24.1 Å². The van der Waals surface area contributed by atoms with Crippen molar-refractivity contribution in [2.75, 3.05) is 0 Å². The zero-order valence-electron chi connectivity index (χ0n) is 19.7. The van der Waals surface area contributed by atoms with Gasteiger partial charge in [0, 0.05) is 54.2 Å². The number of pyridine rings is 3. The summed E-state index contributed by atoms with van der Waals surface area (Å²) in [5.41, 5.74) is 5.53. The SMILES string of the molecule is Cc1c(C(=O)CC(=O)c2cc(Cn3ccnc3)ccn2)cc(-c2ccccn2)cc1-c1ccccn1. The Bertz CT molecular complexity index is 1510. The van der Waals surface area contributed by atoms with Crippen molar-refractivity contribution in [2.24, 2.45) is 0 Å². The van der Waals surface area contributed by atoms with Crippen LogP contribution in [0.3, 0.4) is 0 Å². The van der Waals surface area contributed by atoms with E-state index in [-0.39, 0.29) is 23.7 Å². The molecule has 5 rings (SSSR count). The van der Waals surface area contributed by atoms with Crippen LogP contribution in [0.15, 0.2) is 98.0 Å². The van der Waals surface area contributed by atoms with Crippen molar-refractivity contribution >= 4 is 11.6 Å². The third-order valence-electron chi connectivity index (χ3n) is 5.97. The Labute approximate surface area is 208 Å². The number of aromatic nitrogens is 5. The van der Waals surface area contributed by atoms with E-state index in [0.29, 0.717) is 12.1 Å². The summed E-state index contributed by atoms with van der Waals surface area (Å²) in [7, 11) is 0. The van der Waals surface area contributed by atoms with Gasteiger partial charge in [-0.3, -0.25) is 24.5 Å². The van der Waals surface area contributed by atoms with Crippen LogP contribution in [-0.4, -0.2) is 36.1 Å². The van der Waals surface area contributed by atoms with Gasteiger partial charge in [-0.15, -0.1) is 0 Å². The highest BCUT2D eigenvalue weighted by Crippen LogP contribution is 2.31. The number of Topliss-reactive ketones (excluding diaryl/α,β-unsaturated/α-hetero) is 2. The molecule has 0 saturated carbocycles. The predicted octanol–water partition coefficient (Wildman–Crippen LogP) is 5.21. The second-order valence-electron chi connectivity index (χ2n) is 8.43. The van der Waals surface area contributed by atoms with Crippen LogP contribution in [-0.2, 0) is 6.54 Å². The maximum Gasteiger partial charge on any atom is 0.188 e. The number of carbonyl (C=O) groups is 2. The molecule has 7 heteroatoms. The summed E-state index contributed by atoms with van der Waals surface area (Å²) in [4.78, 5) is 43.7. The van der Waals surface area contributed by atoms with Crippen LogP contribution in [0.4, 0.5) is 0 Å². The Kier molecular flexibility index (Phi) is 6.53. The molecule has 0 fully saturated rings. The minimum Gasteiger partial charge on any atom is -0.333 e. The van der Waals surface area contributed by atoms with E-state index >= 15 is 0 Å². The molecule has 0 saturated heterocycles. The van der Waals surface area contributed by atoms with E-state index in [1.807, 2.05) is 72.3 Å². The minimum atomic E-state index is -0.325. The Morgan fingerprint density at radius 1 is 0.806 bits per heavy atom. The number of nitrogens with zero attached hydrogens (tertiary/aromatic N) is 5. The number of benzene rings is 1. The van der Waals surface area contributed by atoms with Crippen molar-refractivity contribution in [3.05, 3.63) is 120 Å². The monoisotopic (exact) mass is 473 g/mol. The smallest absolute Gasteiger partial charge is 0.188 e. The first kappa shape index (κ1) is 23.0. The van der Waals surface area contributed by atoms with Crippen molar-refractivity contribution in [3.8, 4) is 22.5 Å². The first-order valence-electron chi connectivity index (χ1n) is 11.5. The molecule has 0 aliphatic carbocycles. The minimum absolute atomic E-state index is 0.268. The quantitative estimate of drug-likeness (QED) is 0.227. The van der Waals surface area contributed by atoms with E-state index in [4.69, 9.17) is 0 Å². The predicted molar refractivity (Wildman–Crippen MR) is 136 cm³/mol. The zero-order chi connectivity index (χ0) is 24.9. The Morgan fingerprint density at radius 2 is 1.58 bits per heavy atom. The first-order valence-corrected chi connectivity index (χ1v) is 11.5. The average Bonchev–Trinajstić information content (AvgIpc) is 3.43. The molecule has 0 amide bonds. The van der Waals surface area contributed by atoms with Crippen molar-refractivity contribution in [3.63, 3.8) is 0 Å². The molecule has 0 N–H and O–H groups in total. The largest absolute Gasteiger partial charge is 0.333 e. The van der Waals surface area contributed by atoms with Crippen LogP contribution in [0, 0.1) is 6.92 Å². The van der Waals surface area contributed by atoms with Crippen LogP contribution in [0.2, 0.25) is 0 Å². The van der Waals surface area contributed by atoms with Gasteiger partial charge in [-0.05, 0) is 66.6 Å². The van der Waals surface area contributed by atoms with Gasteiger partial charge >= 0.3 is 0 Å². The molecule has 1 aromatic carbocycles. The topological polar surface area (TPSA) is 90.6 Å². The molecule has 36 heavy (non-hydrogen) atoms. The van der Waals surface area contributed by atoms with Crippen LogP contribution >= 0.6 is 0 Å². The molecular formula is C29H23N5O2. The summed E-state index contributed by atoms with van der Waals surface area (Å²) in [5.74, 6) is -0.594. The molecule has 7 nitrogen and oxygen atoms in total. The molecule has 0 radical (unpaired) electrons. The first-order chi connectivity index (χ1) is 17.6. The summed E-state index contributed by atoms with van der Waals surface area (Å²) in [5, 5.41) is 0. The van der Waals surface area contributed by atoms with Gasteiger partial charge in [-0.1, -0.05) is 12.1 Å². The zero-order valence-corrected chi connectivity index (χ0v) is 19.7. The molecule has 0 unspecified atom stereocenters. The number of carbonyl (C=O) groups excluding carboxylic acids is 2. The summed E-state index contributed by atoms with van der Waals surface area (Å²) in [6.45, 7) is 2.45. The lowest BCUT2D eigenvalue weighted by Crippen LogP contribution is -2.12. The van der Waals surface area contributed by atoms with E-state index in [0.717, 1.165) is 33.6 Å². The summed E-state index contributed by atoms with van der Waals surface area (Å²) in [6, 6.07) is 18.7. The van der Waals surface area contributed by atoms with Gasteiger partial charge in [-0.2, -0.15) is 0 Å². The van der Waals surface area contributed by atoms with E-state index in [2.05, 4.69) is 19.9 Å². The molecule has 5 aromatic rings. The van der Waals surface area contributed by atoms with Gasteiger partial charge in [0.2, 0.25) is 0 Å². The maximum absolute atomic E-state index is 13.5. The van der Waals surface area contributed by atoms with E-state index in [1.54, 1.807) is 37.2 Å². The molecule has 0 spiro atoms. The number of hydrogen-bond donors (Lipinski definition) is 0. The second kappa shape index (κ2) is 10.2. The number of imidazole rings is 1. The van der Waals surface area contributed by atoms with Crippen LogP contribution in [0.25, 0.3) is 22.5 Å². The molecule has 4 aromatic heterocycles. The van der Waals surface area contributed by atoms with E-state index < -0.39 is 0 Å². The fourth-order valence-electron chi connectivity index (χ4n) is 4.12. The van der Waals surface area contributed by atoms with Gasteiger partial charge in [0.15, 0.2) is 11.6 Å². The summed E-state index contributed by atoms with van der Waals surface area (Å²) < 4.78 is 1.90. The molecule has 0 aliphatic rings. The lowest BCUT2D eigenvalue weighted by atomic mass is 9.91. The standard InChI is InChI=1S/C29H23N5O2/c1-20-23(26-7-3-5-10-32-26)15-22(25-6-2-4-9-31-25)16-24(20)28(35)17-29(36)27-14-21(8-11-33-27)18-34-13-12-30-19-34/h2-16,19H,17-18H2,1H3. The van der Waals surface area contributed by atoms with Crippen LogP contribution in [0.1, 0.15) is 38.4 Å². The average molecular weight is 474 g/mol. The van der Waals surface area contributed by atoms with Gasteiger partial charge in [0.1, 0.15) is 5.69 Å². The molecule has 0 atom stereocenters. The lowest BCUT2D eigenvalue weighted by molar-refractivity contribution is 0.0891. The second-order valence-corrected chi connectivity index (χ2v) is 8.43. The maximum atomic E-state index is 13.5. The van der Waals surface area contributed by atoms with Crippen molar-refractivity contribution in [2.45, 2.75) is 19.9 Å². The molecular weight excluding hydrogens is 450 g/mol. The van der Waals surface area contributed by atoms with Crippen LogP contribution < -0.4 is 0 Å². The third-order valence-corrected chi connectivity index (χ3v) is 5.97. The van der Waals surface area contributed by atoms with E-state index in [9.17, 15) is 9.59 Å². The Morgan fingerprint density at radius 3 is 2.28 bits per heavy atom. The van der Waals surface area contributed by atoms with Crippen molar-refractivity contribution in [1.82, 2.24) is 24.5 Å². The van der Waals surface area contributed by atoms with Gasteiger partial charge < -0.3 is 4.57 Å². The van der Waals surface area contributed by atoms with Crippen molar-refractivity contribution in [1.29, 1.82) is 0 Å². The highest BCUT2D eigenvalue weighted by atomic mass is 16.1. The Balaban J connectivity index is 1.46. The normalized spacial score (nSPS) is 10.8. The van der Waals surface area contributed by atoms with Crippen LogP contribution in [0.5, 0.6) is 0 Å². The fourth-order valence-corrected chi connectivity index (χ4v) is 4.12. The number of rotatable bonds is 8. The van der Waals surface area contributed by atoms with Gasteiger partial charge in [-0.25, -0.2) is 4.98 Å². The molecule has 176 valence electrons.